The molecule has 0 bridgehead atoms. The Balaban J connectivity index is 1.53. The highest BCUT2D eigenvalue weighted by Gasteiger charge is 2.31. The Bertz CT molecular complexity index is 244. The van der Waals surface area contributed by atoms with Crippen molar-refractivity contribution in [2.24, 2.45) is 11.3 Å². The van der Waals surface area contributed by atoms with Gasteiger partial charge in [0, 0.05) is 0 Å². The molecule has 0 aromatic rings. The summed E-state index contributed by atoms with van der Waals surface area (Å²) >= 11 is 0. The fourth-order valence-corrected chi connectivity index (χ4v) is 3.83. The van der Waals surface area contributed by atoms with Crippen LogP contribution in [0.15, 0.2) is 0 Å². The maximum absolute atomic E-state index is 3.72. The summed E-state index contributed by atoms with van der Waals surface area (Å²) in [4.78, 5) is 2.65. The summed E-state index contributed by atoms with van der Waals surface area (Å²) in [5, 5.41) is 3.72. The molecule has 0 spiro atoms. The maximum Gasteiger partial charge on any atom is -0.000664 e. The van der Waals surface area contributed by atoms with Crippen LogP contribution in [0.25, 0.3) is 0 Å². The Morgan fingerprint density at radius 3 is 2.58 bits per heavy atom. The van der Waals surface area contributed by atoms with E-state index < -0.39 is 0 Å². The van der Waals surface area contributed by atoms with E-state index in [2.05, 4.69) is 24.1 Å². The van der Waals surface area contributed by atoms with Gasteiger partial charge in [-0.15, -0.1) is 0 Å². The smallest absolute Gasteiger partial charge is 0.000664 e. The van der Waals surface area contributed by atoms with Crippen LogP contribution in [0.2, 0.25) is 0 Å². The monoisotopic (exact) mass is 266 g/mol. The second-order valence-electron chi connectivity index (χ2n) is 7.39. The third kappa shape index (κ3) is 5.07. The number of nitrogens with zero attached hydrogens (tertiary/aromatic N) is 1. The zero-order chi connectivity index (χ0) is 13.6. The van der Waals surface area contributed by atoms with Crippen LogP contribution in [-0.2, 0) is 0 Å². The summed E-state index contributed by atoms with van der Waals surface area (Å²) in [6.45, 7) is 11.4. The molecule has 1 aliphatic heterocycles. The first-order valence-electron chi connectivity index (χ1n) is 8.61. The molecule has 1 saturated carbocycles. The lowest BCUT2D eigenvalue weighted by molar-refractivity contribution is 0.135. The van der Waals surface area contributed by atoms with Gasteiger partial charge >= 0.3 is 0 Å². The van der Waals surface area contributed by atoms with Crippen LogP contribution < -0.4 is 5.32 Å². The molecule has 0 aromatic carbocycles. The number of rotatable bonds is 6. The molecule has 0 amide bonds. The fourth-order valence-electron chi connectivity index (χ4n) is 3.83. The molecule has 0 radical (unpaired) electrons. The minimum absolute atomic E-state index is 0.568. The average Bonchev–Trinajstić information content (AvgIpc) is 2.41. The van der Waals surface area contributed by atoms with E-state index in [1.165, 1.54) is 84.1 Å². The lowest BCUT2D eigenvalue weighted by Crippen LogP contribution is -2.37. The summed E-state index contributed by atoms with van der Waals surface area (Å²) in [6, 6.07) is 0. The number of hydrogen-bond donors (Lipinski definition) is 1. The Hall–Kier alpha value is -0.0800. The largest absolute Gasteiger partial charge is 0.316 e. The van der Waals surface area contributed by atoms with Gasteiger partial charge in [-0.3, -0.25) is 0 Å². The molecule has 2 aliphatic rings. The molecular formula is C17H34N2. The molecule has 1 heterocycles. The Morgan fingerprint density at radius 2 is 1.84 bits per heavy atom. The standard InChI is InChI=1S/C17H34N2/c1-17(2)10-5-4-9-16(17)15-18-11-8-14-19-12-6-3-7-13-19/h16,18H,3-15H2,1-2H3. The molecule has 1 saturated heterocycles. The molecule has 2 heteroatoms. The van der Waals surface area contributed by atoms with Crippen LogP contribution in [0.5, 0.6) is 0 Å². The predicted molar refractivity (Wildman–Crippen MR) is 83.5 cm³/mol. The zero-order valence-electron chi connectivity index (χ0n) is 13.2. The molecule has 2 fully saturated rings. The topological polar surface area (TPSA) is 15.3 Å². The van der Waals surface area contributed by atoms with Crippen molar-refractivity contribution in [3.05, 3.63) is 0 Å². The van der Waals surface area contributed by atoms with Gasteiger partial charge in [0.2, 0.25) is 0 Å². The minimum atomic E-state index is 0.568. The molecule has 19 heavy (non-hydrogen) atoms. The van der Waals surface area contributed by atoms with E-state index >= 15 is 0 Å². The molecule has 112 valence electrons. The van der Waals surface area contributed by atoms with E-state index in [0.717, 1.165) is 5.92 Å². The highest BCUT2D eigenvalue weighted by atomic mass is 15.1. The first-order valence-corrected chi connectivity index (χ1v) is 8.61. The number of nitrogens with one attached hydrogen (secondary N) is 1. The van der Waals surface area contributed by atoms with Gasteiger partial charge in [0.1, 0.15) is 0 Å². The van der Waals surface area contributed by atoms with Gasteiger partial charge in [0.05, 0.1) is 0 Å². The maximum atomic E-state index is 3.72. The normalized spacial score (nSPS) is 28.4. The van der Waals surface area contributed by atoms with Crippen LogP contribution in [0.4, 0.5) is 0 Å². The molecule has 0 aromatic heterocycles. The van der Waals surface area contributed by atoms with Gasteiger partial charge in [0.15, 0.2) is 0 Å². The summed E-state index contributed by atoms with van der Waals surface area (Å²) in [5.74, 6) is 0.899. The fraction of sp³-hybridized carbons (Fsp3) is 1.00. The Kier molecular flexibility index (Phi) is 6.15. The van der Waals surface area contributed by atoms with Crippen LogP contribution in [0.3, 0.4) is 0 Å². The van der Waals surface area contributed by atoms with Gasteiger partial charge in [0.25, 0.3) is 0 Å². The summed E-state index contributed by atoms with van der Waals surface area (Å²) in [7, 11) is 0. The average molecular weight is 266 g/mol. The van der Waals surface area contributed by atoms with Crippen LogP contribution >= 0.6 is 0 Å². The molecule has 1 N–H and O–H groups in total. The van der Waals surface area contributed by atoms with E-state index in [1.54, 1.807) is 0 Å². The lowest BCUT2D eigenvalue weighted by Gasteiger charge is -2.39. The van der Waals surface area contributed by atoms with E-state index in [4.69, 9.17) is 0 Å². The molecule has 2 nitrogen and oxygen atoms in total. The van der Waals surface area contributed by atoms with Crippen molar-refractivity contribution >= 4 is 0 Å². The Morgan fingerprint density at radius 1 is 1.05 bits per heavy atom. The first kappa shape index (κ1) is 15.3. The van der Waals surface area contributed by atoms with Crippen molar-refractivity contribution in [3.8, 4) is 0 Å². The third-order valence-corrected chi connectivity index (χ3v) is 5.40. The molecule has 1 atom stereocenters. The predicted octanol–water partition coefficient (Wildman–Crippen LogP) is 3.67. The summed E-state index contributed by atoms with van der Waals surface area (Å²) in [5.41, 5.74) is 0.568. The van der Waals surface area contributed by atoms with E-state index in [-0.39, 0.29) is 0 Å². The van der Waals surface area contributed by atoms with Crippen LogP contribution in [0, 0.1) is 11.3 Å². The van der Waals surface area contributed by atoms with Crippen molar-refractivity contribution in [2.45, 2.75) is 65.2 Å². The van der Waals surface area contributed by atoms with Gasteiger partial charge in [-0.25, -0.2) is 0 Å². The van der Waals surface area contributed by atoms with Crippen molar-refractivity contribution in [3.63, 3.8) is 0 Å². The summed E-state index contributed by atoms with van der Waals surface area (Å²) < 4.78 is 0. The van der Waals surface area contributed by atoms with E-state index in [0.29, 0.717) is 5.41 Å². The minimum Gasteiger partial charge on any atom is -0.316 e. The van der Waals surface area contributed by atoms with Crippen molar-refractivity contribution in [1.29, 1.82) is 0 Å². The SMILES string of the molecule is CC1(C)CCCCC1CNCCCN1CCCCC1. The van der Waals surface area contributed by atoms with Gasteiger partial charge < -0.3 is 10.2 Å². The van der Waals surface area contributed by atoms with Gasteiger partial charge in [-0.1, -0.05) is 33.1 Å². The second-order valence-corrected chi connectivity index (χ2v) is 7.39. The van der Waals surface area contributed by atoms with Crippen molar-refractivity contribution in [1.82, 2.24) is 10.2 Å². The van der Waals surface area contributed by atoms with Gasteiger partial charge in [-0.05, 0) is 76.2 Å². The number of hydrogen-bond acceptors (Lipinski definition) is 2. The highest BCUT2D eigenvalue weighted by Crippen LogP contribution is 2.39. The van der Waals surface area contributed by atoms with E-state index in [9.17, 15) is 0 Å². The van der Waals surface area contributed by atoms with Crippen molar-refractivity contribution in [2.75, 3.05) is 32.7 Å². The number of piperidine rings is 1. The number of likely N-dealkylation sites (tertiary alicyclic amines) is 1. The molecular weight excluding hydrogens is 232 g/mol. The zero-order valence-corrected chi connectivity index (χ0v) is 13.2. The molecule has 1 unspecified atom stereocenters. The molecule has 1 aliphatic carbocycles. The lowest BCUT2D eigenvalue weighted by atomic mass is 9.69. The highest BCUT2D eigenvalue weighted by molar-refractivity contribution is 4.83. The second kappa shape index (κ2) is 7.64. The van der Waals surface area contributed by atoms with Crippen LogP contribution in [0.1, 0.15) is 65.2 Å². The third-order valence-electron chi connectivity index (χ3n) is 5.40. The van der Waals surface area contributed by atoms with Crippen molar-refractivity contribution < 1.29 is 0 Å². The molecule has 2 rings (SSSR count). The van der Waals surface area contributed by atoms with Gasteiger partial charge in [-0.2, -0.15) is 0 Å². The summed E-state index contributed by atoms with van der Waals surface area (Å²) in [6.07, 6.45) is 11.4. The van der Waals surface area contributed by atoms with Crippen LogP contribution in [-0.4, -0.2) is 37.6 Å². The first-order chi connectivity index (χ1) is 9.18. The Labute approximate surface area is 120 Å². The van der Waals surface area contributed by atoms with E-state index in [1.807, 2.05) is 0 Å². The quantitative estimate of drug-likeness (QED) is 0.738.